The summed E-state index contributed by atoms with van der Waals surface area (Å²) in [5.74, 6) is 0. The summed E-state index contributed by atoms with van der Waals surface area (Å²) < 4.78 is 11.5. The highest BCUT2D eigenvalue weighted by atomic mass is 16.3. The SMILES string of the molecule is c1ccc(-c2cccc(-c3cc(-n4c5ccccc5c5ccc(-n6c7ccccc7c7ccccc76)cc54)c4c(c3)oc3ccccc34)c2)cc1. The largest absolute Gasteiger partial charge is 0.456 e. The predicted molar refractivity (Wildman–Crippen MR) is 213 cm³/mol. The van der Waals surface area contributed by atoms with E-state index in [4.69, 9.17) is 4.42 Å². The molecule has 3 heteroatoms. The number of rotatable bonds is 4. The number of fused-ring (bicyclic) bond motifs is 9. The van der Waals surface area contributed by atoms with Crippen molar-refractivity contribution in [2.24, 2.45) is 0 Å². The van der Waals surface area contributed by atoms with Gasteiger partial charge in [0, 0.05) is 32.6 Å². The van der Waals surface area contributed by atoms with Crippen molar-refractivity contribution in [1.29, 1.82) is 0 Å². The van der Waals surface area contributed by atoms with Crippen LogP contribution in [0.25, 0.3) is 99.2 Å². The standard InChI is InChI=1S/C48H30N2O/c1-2-13-31(14-3-1)32-15-12-16-33(27-32)34-28-45(48-40-20-7-11-24-46(40)51-47(48)29-34)50-43-23-10-6-19-38(43)39-26-25-35(30-44(39)50)49-41-21-8-4-17-36(41)37-18-5-9-22-42(37)49/h1-30H. The minimum atomic E-state index is 0.873. The Bertz CT molecular complexity index is 3090. The molecule has 51 heavy (non-hydrogen) atoms. The average molecular weight is 651 g/mol. The number of hydrogen-bond acceptors (Lipinski definition) is 1. The lowest BCUT2D eigenvalue weighted by molar-refractivity contribution is 0.669. The summed E-state index contributed by atoms with van der Waals surface area (Å²) in [6, 6.07) is 65.5. The van der Waals surface area contributed by atoms with Gasteiger partial charge in [-0.1, -0.05) is 127 Å². The number of benzene rings is 8. The molecule has 3 nitrogen and oxygen atoms in total. The number of nitrogens with zero attached hydrogens (tertiary/aromatic N) is 2. The Labute approximate surface area is 293 Å². The lowest BCUT2D eigenvalue weighted by Crippen LogP contribution is -1.98. The second kappa shape index (κ2) is 10.8. The van der Waals surface area contributed by atoms with Crippen LogP contribution in [0.5, 0.6) is 0 Å². The third kappa shape index (κ3) is 4.19. The maximum absolute atomic E-state index is 6.65. The first kappa shape index (κ1) is 28.0. The molecule has 0 radical (unpaired) electrons. The minimum Gasteiger partial charge on any atom is -0.456 e. The van der Waals surface area contributed by atoms with Gasteiger partial charge in [0.15, 0.2) is 0 Å². The van der Waals surface area contributed by atoms with E-state index in [1.165, 1.54) is 43.7 Å². The lowest BCUT2D eigenvalue weighted by Gasteiger charge is -2.14. The van der Waals surface area contributed by atoms with Gasteiger partial charge >= 0.3 is 0 Å². The summed E-state index contributed by atoms with van der Waals surface area (Å²) in [5.41, 5.74) is 13.3. The van der Waals surface area contributed by atoms with Gasteiger partial charge in [0.05, 0.1) is 33.1 Å². The Balaban J connectivity index is 1.24. The van der Waals surface area contributed by atoms with Crippen molar-refractivity contribution in [3.8, 4) is 33.6 Å². The molecule has 0 saturated heterocycles. The van der Waals surface area contributed by atoms with Gasteiger partial charge in [0.2, 0.25) is 0 Å². The molecule has 3 aromatic heterocycles. The molecule has 0 aliphatic rings. The Morgan fingerprint density at radius 1 is 0.314 bits per heavy atom. The third-order valence-electron chi connectivity index (χ3n) is 10.5. The molecule has 0 fully saturated rings. The monoisotopic (exact) mass is 650 g/mol. The number of para-hydroxylation sites is 4. The summed E-state index contributed by atoms with van der Waals surface area (Å²) in [6.45, 7) is 0. The zero-order chi connectivity index (χ0) is 33.5. The van der Waals surface area contributed by atoms with Crippen molar-refractivity contribution in [3.05, 3.63) is 182 Å². The summed E-state index contributed by atoms with van der Waals surface area (Å²) in [5, 5.41) is 7.16. The molecule has 0 aliphatic heterocycles. The second-order valence-electron chi connectivity index (χ2n) is 13.3. The molecular weight excluding hydrogens is 621 g/mol. The normalized spacial score (nSPS) is 11.9. The number of aromatic nitrogens is 2. The van der Waals surface area contributed by atoms with Gasteiger partial charge in [-0.05, 0) is 76.9 Å². The van der Waals surface area contributed by atoms with Crippen molar-refractivity contribution in [1.82, 2.24) is 9.13 Å². The highest BCUT2D eigenvalue weighted by Crippen LogP contribution is 2.42. The second-order valence-corrected chi connectivity index (χ2v) is 13.3. The summed E-state index contributed by atoms with van der Waals surface area (Å²) >= 11 is 0. The van der Waals surface area contributed by atoms with Gasteiger partial charge in [-0.25, -0.2) is 0 Å². The third-order valence-corrected chi connectivity index (χ3v) is 10.5. The summed E-state index contributed by atoms with van der Waals surface area (Å²) in [6.07, 6.45) is 0. The van der Waals surface area contributed by atoms with E-state index in [1.807, 2.05) is 6.07 Å². The smallest absolute Gasteiger partial charge is 0.138 e. The molecule has 0 amide bonds. The van der Waals surface area contributed by atoms with E-state index in [0.717, 1.165) is 55.5 Å². The van der Waals surface area contributed by atoms with Crippen LogP contribution in [0.1, 0.15) is 0 Å². The molecule has 11 aromatic rings. The van der Waals surface area contributed by atoms with Crippen LogP contribution < -0.4 is 0 Å². The van der Waals surface area contributed by atoms with E-state index in [1.54, 1.807) is 0 Å². The van der Waals surface area contributed by atoms with Crippen molar-refractivity contribution in [2.75, 3.05) is 0 Å². The molecule has 3 heterocycles. The zero-order valence-electron chi connectivity index (χ0n) is 27.6. The van der Waals surface area contributed by atoms with Crippen molar-refractivity contribution in [3.63, 3.8) is 0 Å². The molecule has 0 unspecified atom stereocenters. The van der Waals surface area contributed by atoms with Gasteiger partial charge in [0.1, 0.15) is 11.2 Å². The number of furan rings is 1. The zero-order valence-corrected chi connectivity index (χ0v) is 27.6. The molecule has 0 saturated carbocycles. The van der Waals surface area contributed by atoms with Gasteiger partial charge in [-0.3, -0.25) is 0 Å². The van der Waals surface area contributed by atoms with Crippen LogP contribution in [-0.2, 0) is 0 Å². The first-order chi connectivity index (χ1) is 25.3. The van der Waals surface area contributed by atoms with Gasteiger partial charge in [-0.2, -0.15) is 0 Å². The van der Waals surface area contributed by atoms with Gasteiger partial charge < -0.3 is 13.6 Å². The summed E-state index contributed by atoms with van der Waals surface area (Å²) in [7, 11) is 0. The van der Waals surface area contributed by atoms with E-state index in [2.05, 4.69) is 185 Å². The van der Waals surface area contributed by atoms with Crippen LogP contribution in [0.2, 0.25) is 0 Å². The molecule has 0 aliphatic carbocycles. The average Bonchev–Trinajstić information content (AvgIpc) is 3.85. The lowest BCUT2D eigenvalue weighted by atomic mass is 9.97. The Kier molecular flexibility index (Phi) is 5.96. The topological polar surface area (TPSA) is 23.0 Å². The fourth-order valence-electron chi connectivity index (χ4n) is 8.24. The van der Waals surface area contributed by atoms with Gasteiger partial charge in [0.25, 0.3) is 0 Å². The van der Waals surface area contributed by atoms with E-state index >= 15 is 0 Å². The van der Waals surface area contributed by atoms with Crippen LogP contribution >= 0.6 is 0 Å². The van der Waals surface area contributed by atoms with Crippen LogP contribution in [0.15, 0.2) is 186 Å². The van der Waals surface area contributed by atoms with Crippen molar-refractivity contribution in [2.45, 2.75) is 0 Å². The fraction of sp³-hybridized carbons (Fsp3) is 0. The van der Waals surface area contributed by atoms with Crippen LogP contribution in [-0.4, -0.2) is 9.13 Å². The number of hydrogen-bond donors (Lipinski definition) is 0. The fourth-order valence-corrected chi connectivity index (χ4v) is 8.24. The molecule has 11 rings (SSSR count). The highest BCUT2D eigenvalue weighted by molar-refractivity contribution is 6.16. The molecular formula is C48H30N2O. The molecule has 238 valence electrons. The summed E-state index contributed by atoms with van der Waals surface area (Å²) in [4.78, 5) is 0. The molecule has 0 bridgehead atoms. The molecule has 0 spiro atoms. The quantitative estimate of drug-likeness (QED) is 0.186. The van der Waals surface area contributed by atoms with Crippen LogP contribution in [0.3, 0.4) is 0 Å². The Hall–Kier alpha value is -6.84. The Morgan fingerprint density at radius 2 is 0.863 bits per heavy atom. The van der Waals surface area contributed by atoms with Gasteiger partial charge in [-0.15, -0.1) is 0 Å². The first-order valence-electron chi connectivity index (χ1n) is 17.4. The van der Waals surface area contributed by atoms with Crippen molar-refractivity contribution >= 4 is 65.6 Å². The van der Waals surface area contributed by atoms with Crippen LogP contribution in [0, 0.1) is 0 Å². The molecule has 0 atom stereocenters. The molecule has 0 N–H and O–H groups in total. The molecule has 8 aromatic carbocycles. The predicted octanol–water partition coefficient (Wildman–Crippen LogP) is 13.1. The van der Waals surface area contributed by atoms with E-state index in [9.17, 15) is 0 Å². The van der Waals surface area contributed by atoms with E-state index < -0.39 is 0 Å². The minimum absolute atomic E-state index is 0.873. The van der Waals surface area contributed by atoms with Crippen molar-refractivity contribution < 1.29 is 4.42 Å². The first-order valence-corrected chi connectivity index (χ1v) is 17.4. The highest BCUT2D eigenvalue weighted by Gasteiger charge is 2.21. The Morgan fingerprint density at radius 3 is 1.57 bits per heavy atom. The van der Waals surface area contributed by atoms with E-state index in [-0.39, 0.29) is 0 Å². The maximum atomic E-state index is 6.65. The van der Waals surface area contributed by atoms with Crippen LogP contribution in [0.4, 0.5) is 0 Å². The maximum Gasteiger partial charge on any atom is 0.138 e. The van der Waals surface area contributed by atoms with E-state index in [0.29, 0.717) is 0 Å².